The molecule has 7 nitrogen and oxygen atoms in total. The van der Waals surface area contributed by atoms with E-state index in [-0.39, 0.29) is 30.3 Å². The first-order valence-electron chi connectivity index (χ1n) is 10.4. The SMILES string of the molecule is Cc1cc(S(=O)NC(C)C)ccc1Nc1ncc(C(F)(F)F)c(N2CC(C)CC(O)C2)n1. The molecule has 1 aliphatic rings. The molecule has 1 aromatic carbocycles. The van der Waals surface area contributed by atoms with Crippen molar-refractivity contribution in [1.82, 2.24) is 14.7 Å². The van der Waals surface area contributed by atoms with E-state index in [0.717, 1.165) is 11.8 Å². The zero-order chi connectivity index (χ0) is 23.6. The highest BCUT2D eigenvalue weighted by Crippen LogP contribution is 2.37. The number of hydrogen-bond acceptors (Lipinski definition) is 6. The van der Waals surface area contributed by atoms with Crippen LogP contribution >= 0.6 is 0 Å². The van der Waals surface area contributed by atoms with Crippen LogP contribution in [-0.4, -0.2) is 44.5 Å². The van der Waals surface area contributed by atoms with Gasteiger partial charge in [0.05, 0.1) is 11.0 Å². The minimum Gasteiger partial charge on any atom is -0.391 e. The maximum atomic E-state index is 13.6. The van der Waals surface area contributed by atoms with Gasteiger partial charge in [0, 0.05) is 31.0 Å². The zero-order valence-electron chi connectivity index (χ0n) is 18.4. The van der Waals surface area contributed by atoms with Gasteiger partial charge in [-0.15, -0.1) is 0 Å². The number of hydrogen-bond donors (Lipinski definition) is 3. The summed E-state index contributed by atoms with van der Waals surface area (Å²) in [5.74, 6) is -0.212. The van der Waals surface area contributed by atoms with Crippen molar-refractivity contribution >= 4 is 28.4 Å². The van der Waals surface area contributed by atoms with Crippen molar-refractivity contribution in [2.75, 3.05) is 23.3 Å². The van der Waals surface area contributed by atoms with Crippen LogP contribution in [0.15, 0.2) is 29.3 Å². The van der Waals surface area contributed by atoms with Gasteiger partial charge in [0.2, 0.25) is 5.95 Å². The number of aliphatic hydroxyl groups is 1. The van der Waals surface area contributed by atoms with Gasteiger partial charge in [0.25, 0.3) is 0 Å². The molecule has 3 N–H and O–H groups in total. The average Bonchev–Trinajstić information content (AvgIpc) is 2.67. The first-order valence-corrected chi connectivity index (χ1v) is 11.5. The van der Waals surface area contributed by atoms with Crippen molar-refractivity contribution in [3.8, 4) is 0 Å². The van der Waals surface area contributed by atoms with Crippen LogP contribution in [-0.2, 0) is 17.2 Å². The predicted molar refractivity (Wildman–Crippen MR) is 118 cm³/mol. The molecule has 1 aliphatic heterocycles. The van der Waals surface area contributed by atoms with Crippen LogP contribution in [0.1, 0.15) is 38.3 Å². The lowest BCUT2D eigenvalue weighted by Crippen LogP contribution is -2.43. The highest BCUT2D eigenvalue weighted by molar-refractivity contribution is 7.83. The van der Waals surface area contributed by atoms with Gasteiger partial charge in [-0.1, -0.05) is 6.92 Å². The first-order chi connectivity index (χ1) is 14.9. The molecule has 11 heteroatoms. The van der Waals surface area contributed by atoms with Crippen molar-refractivity contribution in [1.29, 1.82) is 0 Å². The molecule has 2 aromatic rings. The standard InChI is InChI=1S/C21H28F3N5O2S/c1-12(2)28-32(31)16-5-6-18(14(4)8-16)26-20-25-9-17(21(22,23)24)19(27-20)29-10-13(3)7-15(30)11-29/h5-6,8-9,12-13,15,28,30H,7,10-11H2,1-4H3,(H,25,26,27). The Hall–Kier alpha value is -2.24. The van der Waals surface area contributed by atoms with E-state index in [4.69, 9.17) is 0 Å². The molecule has 1 saturated heterocycles. The third-order valence-corrected chi connectivity index (χ3v) is 6.38. The molecule has 0 aliphatic carbocycles. The van der Waals surface area contributed by atoms with Crippen molar-refractivity contribution in [2.24, 2.45) is 5.92 Å². The molecule has 0 amide bonds. The number of β-amino-alcohol motifs (C(OH)–C–C–N with tert-alkyl or cyclic N) is 1. The van der Waals surface area contributed by atoms with Gasteiger partial charge in [-0.2, -0.15) is 18.2 Å². The maximum Gasteiger partial charge on any atom is 0.421 e. The van der Waals surface area contributed by atoms with Crippen LogP contribution in [0.4, 0.5) is 30.6 Å². The van der Waals surface area contributed by atoms with Gasteiger partial charge < -0.3 is 15.3 Å². The summed E-state index contributed by atoms with van der Waals surface area (Å²) in [6, 6.07) is 5.15. The number of aryl methyl sites for hydroxylation is 1. The van der Waals surface area contributed by atoms with Crippen LogP contribution in [0.25, 0.3) is 0 Å². The lowest BCUT2D eigenvalue weighted by atomic mass is 9.97. The Labute approximate surface area is 188 Å². The second kappa shape index (κ2) is 9.72. The van der Waals surface area contributed by atoms with E-state index in [9.17, 15) is 22.5 Å². The van der Waals surface area contributed by atoms with Crippen molar-refractivity contribution < 1.29 is 22.5 Å². The fourth-order valence-electron chi connectivity index (χ4n) is 3.66. The Kier molecular flexibility index (Phi) is 7.41. The predicted octanol–water partition coefficient (Wildman–Crippen LogP) is 3.78. The largest absolute Gasteiger partial charge is 0.421 e. The van der Waals surface area contributed by atoms with Crippen molar-refractivity contribution in [3.05, 3.63) is 35.5 Å². The molecule has 0 spiro atoms. The van der Waals surface area contributed by atoms with Crippen LogP contribution in [0, 0.1) is 12.8 Å². The molecule has 2 heterocycles. The van der Waals surface area contributed by atoms with Crippen LogP contribution in [0.2, 0.25) is 0 Å². The molecule has 0 bridgehead atoms. The van der Waals surface area contributed by atoms with Crippen LogP contribution in [0.3, 0.4) is 0 Å². The van der Waals surface area contributed by atoms with E-state index < -0.39 is 28.8 Å². The van der Waals surface area contributed by atoms with Crippen molar-refractivity contribution in [2.45, 2.75) is 57.3 Å². The van der Waals surface area contributed by atoms with E-state index in [1.165, 1.54) is 4.90 Å². The Bertz CT molecular complexity index is 976. The number of nitrogens with zero attached hydrogens (tertiary/aromatic N) is 3. The number of nitrogens with one attached hydrogen (secondary N) is 2. The molecule has 3 rings (SSSR count). The Balaban J connectivity index is 1.90. The number of aliphatic hydroxyl groups excluding tert-OH is 1. The number of halogens is 3. The summed E-state index contributed by atoms with van der Waals surface area (Å²) in [5.41, 5.74) is 0.396. The highest BCUT2D eigenvalue weighted by atomic mass is 32.2. The lowest BCUT2D eigenvalue weighted by molar-refractivity contribution is -0.137. The van der Waals surface area contributed by atoms with E-state index in [1.54, 1.807) is 25.1 Å². The molecule has 0 radical (unpaired) electrons. The maximum absolute atomic E-state index is 13.6. The number of anilines is 3. The van der Waals surface area contributed by atoms with Crippen LogP contribution in [0.5, 0.6) is 0 Å². The summed E-state index contributed by atoms with van der Waals surface area (Å²) in [4.78, 5) is 10.1. The quantitative estimate of drug-likeness (QED) is 0.594. The number of benzene rings is 1. The second-order valence-corrected chi connectivity index (χ2v) is 9.72. The Morgan fingerprint density at radius 2 is 2.00 bits per heavy atom. The van der Waals surface area contributed by atoms with Gasteiger partial charge in [-0.3, -0.25) is 0 Å². The summed E-state index contributed by atoms with van der Waals surface area (Å²) in [6.45, 7) is 7.90. The minimum atomic E-state index is -4.62. The van der Waals surface area contributed by atoms with E-state index in [1.807, 2.05) is 20.8 Å². The molecular formula is C21H28F3N5O2S. The Morgan fingerprint density at radius 1 is 1.28 bits per heavy atom. The molecule has 1 fully saturated rings. The van der Waals surface area contributed by atoms with Gasteiger partial charge in [-0.25, -0.2) is 13.9 Å². The van der Waals surface area contributed by atoms with E-state index in [2.05, 4.69) is 20.0 Å². The van der Waals surface area contributed by atoms with Gasteiger partial charge >= 0.3 is 6.18 Å². The summed E-state index contributed by atoms with van der Waals surface area (Å²) in [5, 5.41) is 13.0. The summed E-state index contributed by atoms with van der Waals surface area (Å²) in [6.07, 6.45) is -4.04. The van der Waals surface area contributed by atoms with E-state index >= 15 is 0 Å². The molecule has 176 valence electrons. The second-order valence-electron chi connectivity index (χ2n) is 8.47. The van der Waals surface area contributed by atoms with Crippen molar-refractivity contribution in [3.63, 3.8) is 0 Å². The average molecular weight is 472 g/mol. The van der Waals surface area contributed by atoms with Crippen LogP contribution < -0.4 is 14.9 Å². The molecule has 32 heavy (non-hydrogen) atoms. The number of rotatable bonds is 6. The number of aromatic nitrogens is 2. The zero-order valence-corrected chi connectivity index (χ0v) is 19.2. The fraction of sp³-hybridized carbons (Fsp3) is 0.524. The summed E-state index contributed by atoms with van der Waals surface area (Å²) < 4.78 is 56.0. The minimum absolute atomic E-state index is 0.0120. The third-order valence-electron chi connectivity index (χ3n) is 5.01. The summed E-state index contributed by atoms with van der Waals surface area (Å²) in [7, 11) is -1.37. The normalized spacial score (nSPS) is 20.5. The highest BCUT2D eigenvalue weighted by Gasteiger charge is 2.38. The number of alkyl halides is 3. The van der Waals surface area contributed by atoms with Gasteiger partial charge in [0.1, 0.15) is 22.4 Å². The monoisotopic (exact) mass is 471 g/mol. The topological polar surface area (TPSA) is 90.4 Å². The van der Waals surface area contributed by atoms with Gasteiger partial charge in [-0.05, 0) is 56.9 Å². The molecule has 1 aromatic heterocycles. The summed E-state index contributed by atoms with van der Waals surface area (Å²) >= 11 is 0. The molecule has 0 saturated carbocycles. The Morgan fingerprint density at radius 3 is 2.59 bits per heavy atom. The number of piperidine rings is 1. The molecular weight excluding hydrogens is 443 g/mol. The van der Waals surface area contributed by atoms with Gasteiger partial charge in [0.15, 0.2) is 0 Å². The third kappa shape index (κ3) is 5.96. The van der Waals surface area contributed by atoms with E-state index in [0.29, 0.717) is 23.5 Å². The molecule has 3 unspecified atom stereocenters. The molecule has 3 atom stereocenters. The fourth-order valence-corrected chi connectivity index (χ4v) is 4.70. The first kappa shape index (κ1) is 24.4. The smallest absolute Gasteiger partial charge is 0.391 e. The lowest BCUT2D eigenvalue weighted by Gasteiger charge is -2.36.